The molecule has 7 nitrogen and oxygen atoms in total. The van der Waals surface area contributed by atoms with Crippen LogP contribution in [0.4, 0.5) is 0 Å². The third-order valence-corrected chi connectivity index (χ3v) is 3.93. The second kappa shape index (κ2) is 9.26. The molecule has 0 atom stereocenters. The van der Waals surface area contributed by atoms with Gasteiger partial charge in [0.2, 0.25) is 0 Å². The fourth-order valence-corrected chi connectivity index (χ4v) is 2.52. The maximum atomic E-state index is 6.05. The topological polar surface area (TPSA) is 63.3 Å². The van der Waals surface area contributed by atoms with Gasteiger partial charge in [-0.3, -0.25) is 0 Å². The molecule has 9 heteroatoms. The van der Waals surface area contributed by atoms with Gasteiger partial charge in [0.05, 0.1) is 11.6 Å². The lowest BCUT2D eigenvalue weighted by molar-refractivity contribution is 0.461. The Kier molecular flexibility index (Phi) is 8.01. The molecule has 0 saturated carbocycles. The Hall–Kier alpha value is -1.29. The van der Waals surface area contributed by atoms with E-state index < -0.39 is 0 Å². The van der Waals surface area contributed by atoms with Gasteiger partial charge in [-0.25, -0.2) is 4.99 Å². The van der Waals surface area contributed by atoms with Crippen LogP contribution in [0.3, 0.4) is 0 Å². The molecule has 0 bridgehead atoms. The summed E-state index contributed by atoms with van der Waals surface area (Å²) in [5.74, 6) is 2.55. The van der Waals surface area contributed by atoms with E-state index >= 15 is 0 Å². The van der Waals surface area contributed by atoms with Crippen LogP contribution in [0, 0.1) is 6.92 Å². The minimum atomic E-state index is 0. The lowest BCUT2D eigenvalue weighted by Crippen LogP contribution is -2.38. The average molecular weight is 466 g/mol. The summed E-state index contributed by atoms with van der Waals surface area (Å²) in [4.78, 5) is 6.72. The van der Waals surface area contributed by atoms with Gasteiger partial charge in [0.15, 0.2) is 11.8 Å². The second-order valence-electron chi connectivity index (χ2n) is 5.51. The van der Waals surface area contributed by atoms with Crippen molar-refractivity contribution in [1.29, 1.82) is 0 Å². The Morgan fingerprint density at radius 1 is 1.38 bits per heavy atom. The highest BCUT2D eigenvalue weighted by molar-refractivity contribution is 14.0. The molecule has 0 aliphatic rings. The first kappa shape index (κ1) is 20.8. The summed E-state index contributed by atoms with van der Waals surface area (Å²) >= 11 is 6.05. The summed E-state index contributed by atoms with van der Waals surface area (Å²) in [7, 11) is 5.94. The van der Waals surface area contributed by atoms with E-state index in [9.17, 15) is 0 Å². The number of hydrogen-bond donors (Lipinski definition) is 1. The molecule has 0 amide bonds. The van der Waals surface area contributed by atoms with E-state index in [1.165, 1.54) is 0 Å². The summed E-state index contributed by atoms with van der Waals surface area (Å²) in [5.41, 5.74) is 1.12. The van der Waals surface area contributed by atoms with Crippen molar-refractivity contribution in [2.24, 2.45) is 19.1 Å². The second-order valence-corrected chi connectivity index (χ2v) is 5.95. The van der Waals surface area contributed by atoms with E-state index in [-0.39, 0.29) is 24.0 Å². The van der Waals surface area contributed by atoms with Gasteiger partial charge < -0.3 is 19.4 Å². The first-order chi connectivity index (χ1) is 10.9. The van der Waals surface area contributed by atoms with Crippen LogP contribution in [0.15, 0.2) is 17.3 Å². The summed E-state index contributed by atoms with van der Waals surface area (Å²) < 4.78 is 3.97. The Morgan fingerprint density at radius 3 is 2.58 bits per heavy atom. The van der Waals surface area contributed by atoms with Gasteiger partial charge >= 0.3 is 0 Å². The maximum absolute atomic E-state index is 6.05. The summed E-state index contributed by atoms with van der Waals surface area (Å²) in [5, 5.41) is 12.2. The van der Waals surface area contributed by atoms with Gasteiger partial charge in [-0.05, 0) is 19.9 Å². The van der Waals surface area contributed by atoms with Crippen molar-refractivity contribution < 1.29 is 0 Å². The van der Waals surface area contributed by atoms with Crippen molar-refractivity contribution >= 4 is 41.5 Å². The molecule has 1 N–H and O–H groups in total. The van der Waals surface area contributed by atoms with Gasteiger partial charge in [0.1, 0.15) is 12.4 Å². The molecule has 0 aliphatic heterocycles. The molecule has 0 aliphatic carbocycles. The van der Waals surface area contributed by atoms with Crippen molar-refractivity contribution in [2.75, 3.05) is 13.6 Å². The van der Waals surface area contributed by atoms with Crippen LogP contribution in [-0.4, -0.2) is 43.8 Å². The molecule has 0 aromatic carbocycles. The van der Waals surface area contributed by atoms with E-state index in [1.54, 1.807) is 0 Å². The quantitative estimate of drug-likeness (QED) is 0.418. The van der Waals surface area contributed by atoms with E-state index in [0.717, 1.165) is 34.9 Å². The molecule has 134 valence electrons. The highest BCUT2D eigenvalue weighted by atomic mass is 127. The normalized spacial score (nSPS) is 11.3. The number of rotatable bonds is 5. The minimum Gasteiger partial charge on any atom is -0.357 e. The number of guanidine groups is 1. The van der Waals surface area contributed by atoms with Crippen LogP contribution in [0.5, 0.6) is 0 Å². The molecule has 24 heavy (non-hydrogen) atoms. The third-order valence-electron chi connectivity index (χ3n) is 3.72. The van der Waals surface area contributed by atoms with E-state index in [1.807, 2.05) is 49.5 Å². The smallest absolute Gasteiger partial charge is 0.194 e. The molecule has 0 unspecified atom stereocenters. The van der Waals surface area contributed by atoms with E-state index in [0.29, 0.717) is 13.1 Å². The molecule has 2 rings (SSSR count). The molecule has 0 spiro atoms. The number of nitrogens with one attached hydrogen (secondary N) is 1. The first-order valence-corrected chi connectivity index (χ1v) is 7.95. The number of aromatic nitrogens is 4. The summed E-state index contributed by atoms with van der Waals surface area (Å²) in [6, 6.07) is 1.97. The van der Waals surface area contributed by atoms with Gasteiger partial charge in [0.25, 0.3) is 0 Å². The highest BCUT2D eigenvalue weighted by Crippen LogP contribution is 2.14. The van der Waals surface area contributed by atoms with Gasteiger partial charge in [-0.1, -0.05) is 11.6 Å². The van der Waals surface area contributed by atoms with Crippen LogP contribution in [0.2, 0.25) is 5.02 Å². The number of halogens is 2. The summed E-state index contributed by atoms with van der Waals surface area (Å²) in [6.07, 6.45) is 1.90. The zero-order valence-electron chi connectivity index (χ0n) is 14.7. The van der Waals surface area contributed by atoms with Crippen LogP contribution in [-0.2, 0) is 27.2 Å². The van der Waals surface area contributed by atoms with Gasteiger partial charge in [-0.15, -0.1) is 34.2 Å². The molecule has 0 fully saturated rings. The third kappa shape index (κ3) is 5.10. The standard InChI is InChI=1S/C15H24ClN7.HI/c1-6-17-15(18-8-14-20-19-11(2)23(14)5)22(4)10-13-7-12(16)9-21(13)3;/h7,9H,6,8,10H2,1-5H3,(H,17,18);1H. The molecule has 0 radical (unpaired) electrons. The van der Waals surface area contributed by atoms with Crippen LogP contribution in [0.25, 0.3) is 0 Å². The van der Waals surface area contributed by atoms with E-state index in [4.69, 9.17) is 11.6 Å². The first-order valence-electron chi connectivity index (χ1n) is 7.57. The Labute approximate surface area is 165 Å². The van der Waals surface area contributed by atoms with Crippen LogP contribution >= 0.6 is 35.6 Å². The van der Waals surface area contributed by atoms with Crippen molar-refractivity contribution in [1.82, 2.24) is 29.5 Å². The minimum absolute atomic E-state index is 0. The molecular formula is C15H25ClIN7. The number of aliphatic imine (C=N–C) groups is 1. The summed E-state index contributed by atoms with van der Waals surface area (Å²) in [6.45, 7) is 5.98. The fourth-order valence-electron chi connectivity index (χ4n) is 2.25. The maximum Gasteiger partial charge on any atom is 0.194 e. The fraction of sp³-hybridized carbons (Fsp3) is 0.533. The SMILES string of the molecule is CCNC(=NCc1nnc(C)n1C)N(C)Cc1cc(Cl)cn1C.I. The van der Waals surface area contributed by atoms with E-state index in [2.05, 4.69) is 32.3 Å². The van der Waals surface area contributed by atoms with Crippen LogP contribution < -0.4 is 5.32 Å². The predicted molar refractivity (Wildman–Crippen MR) is 108 cm³/mol. The average Bonchev–Trinajstić information content (AvgIpc) is 2.98. The number of aryl methyl sites for hydroxylation is 2. The monoisotopic (exact) mass is 465 g/mol. The van der Waals surface area contributed by atoms with Crippen molar-refractivity contribution in [3.05, 3.63) is 34.6 Å². The van der Waals surface area contributed by atoms with Crippen molar-refractivity contribution in [3.8, 4) is 0 Å². The predicted octanol–water partition coefficient (Wildman–Crippen LogP) is 2.33. The lowest BCUT2D eigenvalue weighted by Gasteiger charge is -2.22. The number of nitrogens with zero attached hydrogens (tertiary/aromatic N) is 6. The lowest BCUT2D eigenvalue weighted by atomic mass is 10.4. The number of hydrogen-bond acceptors (Lipinski definition) is 3. The largest absolute Gasteiger partial charge is 0.357 e. The Bertz CT molecular complexity index is 692. The Morgan fingerprint density at radius 2 is 2.08 bits per heavy atom. The zero-order valence-corrected chi connectivity index (χ0v) is 17.8. The molecule has 2 aromatic rings. The zero-order chi connectivity index (χ0) is 17.0. The molecular weight excluding hydrogens is 441 g/mol. The molecule has 2 heterocycles. The van der Waals surface area contributed by atoms with Crippen molar-refractivity contribution in [3.63, 3.8) is 0 Å². The Balaban J connectivity index is 0.00000288. The van der Waals surface area contributed by atoms with Gasteiger partial charge in [0, 0.05) is 39.6 Å². The van der Waals surface area contributed by atoms with Gasteiger partial charge in [-0.2, -0.15) is 0 Å². The molecule has 2 aromatic heterocycles. The molecule has 0 saturated heterocycles. The van der Waals surface area contributed by atoms with Crippen molar-refractivity contribution in [2.45, 2.75) is 26.9 Å². The van der Waals surface area contributed by atoms with Crippen LogP contribution in [0.1, 0.15) is 24.3 Å². The highest BCUT2D eigenvalue weighted by Gasteiger charge is 2.11.